The molecule has 2 rings (SSSR count). The lowest BCUT2D eigenvalue weighted by atomic mass is 9.92. The second kappa shape index (κ2) is 4.14. The Hall–Kier alpha value is -1.36. The van der Waals surface area contributed by atoms with Crippen molar-refractivity contribution in [2.24, 2.45) is 5.92 Å². The van der Waals surface area contributed by atoms with Crippen molar-refractivity contribution in [2.75, 3.05) is 0 Å². The molecule has 0 spiro atoms. The Morgan fingerprint density at radius 1 is 1.59 bits per heavy atom. The monoisotopic (exact) mass is 238 g/mol. The van der Waals surface area contributed by atoms with Crippen LogP contribution in [0.25, 0.3) is 0 Å². The van der Waals surface area contributed by atoms with E-state index in [0.717, 1.165) is 12.1 Å². The summed E-state index contributed by atoms with van der Waals surface area (Å²) in [6, 6.07) is 0. The number of carboxylic acid groups (broad SMARTS) is 1. The van der Waals surface area contributed by atoms with E-state index in [4.69, 9.17) is 5.11 Å². The first-order valence-corrected chi connectivity index (χ1v) is 5.89. The number of aliphatic hydroxyl groups is 1. The van der Waals surface area contributed by atoms with Gasteiger partial charge in [0, 0.05) is 18.2 Å². The van der Waals surface area contributed by atoms with Gasteiger partial charge in [-0.1, -0.05) is 13.8 Å². The minimum Gasteiger partial charge on any atom is -0.479 e. The van der Waals surface area contributed by atoms with E-state index in [0.29, 0.717) is 18.8 Å². The summed E-state index contributed by atoms with van der Waals surface area (Å²) in [6.45, 7) is 5.00. The van der Waals surface area contributed by atoms with Gasteiger partial charge < -0.3 is 10.2 Å². The number of aromatic nitrogens is 2. The molecule has 94 valence electrons. The predicted octanol–water partition coefficient (Wildman–Crippen LogP) is 1.02. The number of rotatable bonds is 5. The SMILES string of the molecule is CC(C)Cn1cc(C2(C(O)C(=O)O)CC2)cn1. The highest BCUT2D eigenvalue weighted by atomic mass is 16.4. The summed E-state index contributed by atoms with van der Waals surface area (Å²) in [5.74, 6) is -0.665. The molecule has 2 N–H and O–H groups in total. The maximum absolute atomic E-state index is 10.9. The highest BCUT2D eigenvalue weighted by Crippen LogP contribution is 2.50. The Bertz CT molecular complexity index is 421. The zero-order valence-electron chi connectivity index (χ0n) is 10.1. The van der Waals surface area contributed by atoms with E-state index in [1.165, 1.54) is 0 Å². The third-order valence-corrected chi connectivity index (χ3v) is 3.31. The molecule has 1 atom stereocenters. The van der Waals surface area contributed by atoms with Gasteiger partial charge in [-0.25, -0.2) is 4.79 Å². The summed E-state index contributed by atoms with van der Waals surface area (Å²) in [6.07, 6.45) is 3.65. The number of carbonyl (C=O) groups is 1. The van der Waals surface area contributed by atoms with Crippen LogP contribution >= 0.6 is 0 Å². The molecule has 1 heterocycles. The summed E-state index contributed by atoms with van der Waals surface area (Å²) in [4.78, 5) is 10.9. The van der Waals surface area contributed by atoms with Crippen LogP contribution in [-0.2, 0) is 16.8 Å². The lowest BCUT2D eigenvalue weighted by Gasteiger charge is -2.16. The van der Waals surface area contributed by atoms with Crippen LogP contribution in [0, 0.1) is 5.92 Å². The third-order valence-electron chi connectivity index (χ3n) is 3.31. The smallest absolute Gasteiger partial charge is 0.333 e. The van der Waals surface area contributed by atoms with Gasteiger partial charge in [-0.05, 0) is 24.3 Å². The molecule has 1 aromatic rings. The molecular weight excluding hydrogens is 220 g/mol. The van der Waals surface area contributed by atoms with Gasteiger partial charge in [-0.3, -0.25) is 4.68 Å². The Morgan fingerprint density at radius 3 is 2.71 bits per heavy atom. The first-order valence-electron chi connectivity index (χ1n) is 5.89. The number of hydrogen-bond acceptors (Lipinski definition) is 3. The molecule has 5 nitrogen and oxygen atoms in total. The number of aliphatic carboxylic acids is 1. The largest absolute Gasteiger partial charge is 0.479 e. The van der Waals surface area contributed by atoms with Crippen molar-refractivity contribution in [1.82, 2.24) is 9.78 Å². The average Bonchev–Trinajstić information content (AvgIpc) is 2.92. The molecule has 17 heavy (non-hydrogen) atoms. The number of aliphatic hydroxyl groups excluding tert-OH is 1. The van der Waals surface area contributed by atoms with E-state index < -0.39 is 17.5 Å². The van der Waals surface area contributed by atoms with Crippen molar-refractivity contribution in [3.63, 3.8) is 0 Å². The van der Waals surface area contributed by atoms with Gasteiger partial charge in [-0.2, -0.15) is 5.10 Å². The van der Waals surface area contributed by atoms with Crippen molar-refractivity contribution in [1.29, 1.82) is 0 Å². The lowest BCUT2D eigenvalue weighted by molar-refractivity contribution is -0.148. The second-order valence-corrected chi connectivity index (χ2v) is 5.24. The molecule has 1 fully saturated rings. The minimum atomic E-state index is -1.32. The van der Waals surface area contributed by atoms with Crippen LogP contribution in [0.3, 0.4) is 0 Å². The van der Waals surface area contributed by atoms with Gasteiger partial charge >= 0.3 is 5.97 Å². The quantitative estimate of drug-likeness (QED) is 0.803. The van der Waals surface area contributed by atoms with Gasteiger partial charge in [-0.15, -0.1) is 0 Å². The molecule has 0 radical (unpaired) electrons. The first-order chi connectivity index (χ1) is 7.95. The summed E-state index contributed by atoms with van der Waals surface area (Å²) < 4.78 is 1.81. The molecule has 0 aliphatic heterocycles. The van der Waals surface area contributed by atoms with E-state index in [9.17, 15) is 9.90 Å². The molecule has 1 aromatic heterocycles. The highest BCUT2D eigenvalue weighted by molar-refractivity contribution is 5.75. The second-order valence-electron chi connectivity index (χ2n) is 5.24. The molecule has 0 aromatic carbocycles. The lowest BCUT2D eigenvalue weighted by Crippen LogP contribution is -2.33. The fourth-order valence-electron chi connectivity index (χ4n) is 2.19. The maximum atomic E-state index is 10.9. The number of carboxylic acids is 1. The molecule has 0 amide bonds. The summed E-state index contributed by atoms with van der Waals surface area (Å²) in [5.41, 5.74) is 0.245. The van der Waals surface area contributed by atoms with Crippen molar-refractivity contribution < 1.29 is 15.0 Å². The number of nitrogens with zero attached hydrogens (tertiary/aromatic N) is 2. The molecule has 1 saturated carbocycles. The third kappa shape index (κ3) is 2.20. The van der Waals surface area contributed by atoms with Crippen LogP contribution in [0.15, 0.2) is 12.4 Å². The van der Waals surface area contributed by atoms with Crippen LogP contribution in [0.5, 0.6) is 0 Å². The summed E-state index contributed by atoms with van der Waals surface area (Å²) in [5, 5.41) is 22.8. The van der Waals surface area contributed by atoms with Gasteiger partial charge in [0.1, 0.15) is 0 Å². The Kier molecular flexibility index (Phi) is 2.95. The molecule has 0 saturated heterocycles. The van der Waals surface area contributed by atoms with E-state index >= 15 is 0 Å². The Labute approximate surface area is 100 Å². The van der Waals surface area contributed by atoms with E-state index in [1.54, 1.807) is 6.20 Å². The van der Waals surface area contributed by atoms with Crippen LogP contribution in [0.4, 0.5) is 0 Å². The maximum Gasteiger partial charge on any atom is 0.333 e. The molecular formula is C12H18N2O3. The van der Waals surface area contributed by atoms with E-state index in [1.807, 2.05) is 10.9 Å². The fraction of sp³-hybridized carbons (Fsp3) is 0.667. The fourth-order valence-corrected chi connectivity index (χ4v) is 2.19. The standard InChI is InChI=1S/C12H18N2O3/c1-8(2)6-14-7-9(5-13-14)12(3-4-12)10(15)11(16)17/h5,7-8,10,15H,3-4,6H2,1-2H3,(H,16,17). The van der Waals surface area contributed by atoms with Gasteiger partial charge in [0.15, 0.2) is 6.10 Å². The van der Waals surface area contributed by atoms with Gasteiger partial charge in [0.2, 0.25) is 0 Å². The molecule has 1 unspecified atom stereocenters. The zero-order chi connectivity index (χ0) is 12.6. The summed E-state index contributed by atoms with van der Waals surface area (Å²) in [7, 11) is 0. The van der Waals surface area contributed by atoms with Crippen molar-refractivity contribution in [3.05, 3.63) is 18.0 Å². The molecule has 1 aliphatic carbocycles. The van der Waals surface area contributed by atoms with Crippen molar-refractivity contribution in [2.45, 2.75) is 44.8 Å². The van der Waals surface area contributed by atoms with Crippen LogP contribution < -0.4 is 0 Å². The van der Waals surface area contributed by atoms with Crippen LogP contribution in [0.2, 0.25) is 0 Å². The van der Waals surface area contributed by atoms with Crippen molar-refractivity contribution in [3.8, 4) is 0 Å². The van der Waals surface area contributed by atoms with Crippen LogP contribution in [0.1, 0.15) is 32.3 Å². The normalized spacial score (nSPS) is 19.3. The topological polar surface area (TPSA) is 75.4 Å². The Balaban J connectivity index is 2.17. The van der Waals surface area contributed by atoms with Crippen LogP contribution in [-0.4, -0.2) is 32.1 Å². The number of hydrogen-bond donors (Lipinski definition) is 2. The van der Waals surface area contributed by atoms with E-state index in [2.05, 4.69) is 18.9 Å². The predicted molar refractivity (Wildman–Crippen MR) is 61.6 cm³/mol. The van der Waals surface area contributed by atoms with E-state index in [-0.39, 0.29) is 0 Å². The molecule has 1 aliphatic rings. The zero-order valence-corrected chi connectivity index (χ0v) is 10.1. The summed E-state index contributed by atoms with van der Waals surface area (Å²) >= 11 is 0. The first kappa shape index (κ1) is 12.1. The Morgan fingerprint density at radius 2 is 2.24 bits per heavy atom. The average molecular weight is 238 g/mol. The highest BCUT2D eigenvalue weighted by Gasteiger charge is 2.54. The van der Waals surface area contributed by atoms with Gasteiger partial charge in [0.05, 0.1) is 6.20 Å². The van der Waals surface area contributed by atoms with Gasteiger partial charge in [0.25, 0.3) is 0 Å². The molecule has 0 bridgehead atoms. The molecule has 5 heteroatoms. The van der Waals surface area contributed by atoms with Crippen molar-refractivity contribution >= 4 is 5.97 Å². The minimum absolute atomic E-state index is 0.488.